The van der Waals surface area contributed by atoms with E-state index >= 15 is 0 Å². The number of rotatable bonds is 11. The van der Waals surface area contributed by atoms with Gasteiger partial charge in [-0.15, -0.1) is 0 Å². The minimum atomic E-state index is -0.223. The Balaban J connectivity index is 3.66. The van der Waals surface area contributed by atoms with Gasteiger partial charge in [0.05, 0.1) is 6.61 Å². The standard InChI is InChI=1S/C15H28O2S/c1-4-6-7-8-9-10-11-14(18-3)12-13-15(16)17-5-2/h12-14H,4-11H2,1-3H3/b13-12+. The molecule has 2 nitrogen and oxygen atoms in total. The van der Waals surface area contributed by atoms with Crippen molar-refractivity contribution in [1.82, 2.24) is 0 Å². The van der Waals surface area contributed by atoms with Crippen LogP contribution >= 0.6 is 11.8 Å². The predicted octanol–water partition coefficient (Wildman–Crippen LogP) is 4.59. The van der Waals surface area contributed by atoms with E-state index in [1.165, 1.54) is 38.5 Å². The molecule has 0 aromatic carbocycles. The molecule has 0 rings (SSSR count). The molecular weight excluding hydrogens is 244 g/mol. The maximum Gasteiger partial charge on any atom is 0.330 e. The van der Waals surface area contributed by atoms with Crippen molar-refractivity contribution in [2.24, 2.45) is 0 Å². The monoisotopic (exact) mass is 272 g/mol. The smallest absolute Gasteiger partial charge is 0.330 e. The van der Waals surface area contributed by atoms with Crippen LogP contribution in [0.25, 0.3) is 0 Å². The maximum absolute atomic E-state index is 11.2. The van der Waals surface area contributed by atoms with Crippen LogP contribution in [0.1, 0.15) is 58.8 Å². The second-order valence-corrected chi connectivity index (χ2v) is 5.52. The third-order valence-corrected chi connectivity index (χ3v) is 3.88. The first-order chi connectivity index (χ1) is 8.74. The Kier molecular flexibility index (Phi) is 12.7. The zero-order valence-electron chi connectivity index (χ0n) is 12.1. The summed E-state index contributed by atoms with van der Waals surface area (Å²) in [4.78, 5) is 11.2. The molecule has 0 aromatic rings. The van der Waals surface area contributed by atoms with Gasteiger partial charge in [-0.3, -0.25) is 0 Å². The van der Waals surface area contributed by atoms with Crippen LogP contribution in [0.4, 0.5) is 0 Å². The number of carbonyl (C=O) groups is 1. The van der Waals surface area contributed by atoms with Gasteiger partial charge in [0.1, 0.15) is 0 Å². The molecule has 0 aliphatic heterocycles. The molecule has 0 N–H and O–H groups in total. The van der Waals surface area contributed by atoms with Crippen molar-refractivity contribution in [2.45, 2.75) is 64.0 Å². The van der Waals surface area contributed by atoms with E-state index in [4.69, 9.17) is 4.74 Å². The van der Waals surface area contributed by atoms with Crippen LogP contribution in [0.2, 0.25) is 0 Å². The highest BCUT2D eigenvalue weighted by Crippen LogP contribution is 2.17. The molecule has 18 heavy (non-hydrogen) atoms. The Morgan fingerprint density at radius 3 is 2.44 bits per heavy atom. The van der Waals surface area contributed by atoms with Crippen molar-refractivity contribution in [2.75, 3.05) is 12.9 Å². The van der Waals surface area contributed by atoms with E-state index in [-0.39, 0.29) is 5.97 Å². The van der Waals surface area contributed by atoms with Gasteiger partial charge in [-0.2, -0.15) is 11.8 Å². The highest BCUT2D eigenvalue weighted by Gasteiger charge is 2.03. The maximum atomic E-state index is 11.2. The lowest BCUT2D eigenvalue weighted by molar-refractivity contribution is -0.137. The molecular formula is C15H28O2S. The lowest BCUT2D eigenvalue weighted by atomic mass is 10.1. The fourth-order valence-corrected chi connectivity index (χ4v) is 2.43. The molecule has 0 saturated heterocycles. The molecule has 0 radical (unpaired) electrons. The van der Waals surface area contributed by atoms with Gasteiger partial charge in [-0.05, 0) is 19.6 Å². The van der Waals surface area contributed by atoms with Crippen molar-refractivity contribution >= 4 is 17.7 Å². The Hall–Kier alpha value is -0.440. The first-order valence-electron chi connectivity index (χ1n) is 7.12. The minimum absolute atomic E-state index is 0.223. The number of hydrogen-bond donors (Lipinski definition) is 0. The summed E-state index contributed by atoms with van der Waals surface area (Å²) in [7, 11) is 0. The Morgan fingerprint density at radius 1 is 1.17 bits per heavy atom. The quantitative estimate of drug-likeness (QED) is 0.313. The zero-order valence-corrected chi connectivity index (χ0v) is 12.9. The van der Waals surface area contributed by atoms with Gasteiger partial charge >= 0.3 is 5.97 Å². The topological polar surface area (TPSA) is 26.3 Å². The molecule has 0 aliphatic carbocycles. The number of unbranched alkanes of at least 4 members (excludes halogenated alkanes) is 5. The zero-order chi connectivity index (χ0) is 13.6. The van der Waals surface area contributed by atoms with Crippen molar-refractivity contribution < 1.29 is 9.53 Å². The van der Waals surface area contributed by atoms with Crippen molar-refractivity contribution in [1.29, 1.82) is 0 Å². The van der Waals surface area contributed by atoms with Crippen molar-refractivity contribution in [3.63, 3.8) is 0 Å². The Morgan fingerprint density at radius 2 is 1.83 bits per heavy atom. The molecule has 0 aliphatic rings. The summed E-state index contributed by atoms with van der Waals surface area (Å²) in [5.74, 6) is -0.223. The molecule has 0 fully saturated rings. The number of carbonyl (C=O) groups excluding carboxylic acids is 1. The highest BCUT2D eigenvalue weighted by atomic mass is 32.2. The molecule has 0 saturated carbocycles. The van der Waals surface area contributed by atoms with Gasteiger partial charge in [-0.25, -0.2) is 4.79 Å². The second kappa shape index (κ2) is 13.0. The van der Waals surface area contributed by atoms with Gasteiger partial charge in [0.25, 0.3) is 0 Å². The van der Waals surface area contributed by atoms with Crippen LogP contribution in [0.15, 0.2) is 12.2 Å². The van der Waals surface area contributed by atoms with Crippen LogP contribution in [-0.4, -0.2) is 24.1 Å². The summed E-state index contributed by atoms with van der Waals surface area (Å²) >= 11 is 1.80. The Bertz CT molecular complexity index is 227. The SMILES string of the molecule is CCCCCCCCC(/C=C/C(=O)OCC)SC. The summed E-state index contributed by atoms with van der Waals surface area (Å²) in [6.45, 7) is 4.52. The average molecular weight is 272 g/mol. The summed E-state index contributed by atoms with van der Waals surface area (Å²) < 4.78 is 4.87. The van der Waals surface area contributed by atoms with E-state index in [1.807, 2.05) is 13.0 Å². The normalized spacial score (nSPS) is 12.8. The largest absolute Gasteiger partial charge is 0.463 e. The summed E-state index contributed by atoms with van der Waals surface area (Å²) in [6.07, 6.45) is 14.7. The molecule has 1 unspecified atom stereocenters. The minimum Gasteiger partial charge on any atom is -0.463 e. The van der Waals surface area contributed by atoms with Crippen LogP contribution < -0.4 is 0 Å². The van der Waals surface area contributed by atoms with Gasteiger partial charge in [-0.1, -0.05) is 51.5 Å². The van der Waals surface area contributed by atoms with E-state index in [1.54, 1.807) is 17.8 Å². The fourth-order valence-electron chi connectivity index (χ4n) is 1.79. The van der Waals surface area contributed by atoms with Crippen molar-refractivity contribution in [3.05, 3.63) is 12.2 Å². The van der Waals surface area contributed by atoms with E-state index in [0.29, 0.717) is 11.9 Å². The predicted molar refractivity (Wildman–Crippen MR) is 81.1 cm³/mol. The van der Waals surface area contributed by atoms with Crippen LogP contribution in [0.5, 0.6) is 0 Å². The molecule has 0 amide bonds. The summed E-state index contributed by atoms with van der Waals surface area (Å²) in [5, 5.41) is 0.445. The average Bonchev–Trinajstić information content (AvgIpc) is 2.37. The number of thioether (sulfide) groups is 1. The molecule has 0 heterocycles. The van der Waals surface area contributed by atoms with Gasteiger partial charge in [0.15, 0.2) is 0 Å². The third-order valence-electron chi connectivity index (χ3n) is 2.88. The molecule has 0 spiro atoms. The second-order valence-electron chi connectivity index (χ2n) is 4.44. The third kappa shape index (κ3) is 10.7. The van der Waals surface area contributed by atoms with E-state index in [0.717, 1.165) is 6.42 Å². The molecule has 1 atom stereocenters. The lowest BCUT2D eigenvalue weighted by Crippen LogP contribution is -2.03. The molecule has 106 valence electrons. The summed E-state index contributed by atoms with van der Waals surface area (Å²) in [6, 6.07) is 0. The fraction of sp³-hybridized carbons (Fsp3) is 0.800. The van der Waals surface area contributed by atoms with Gasteiger partial charge in [0.2, 0.25) is 0 Å². The van der Waals surface area contributed by atoms with Gasteiger partial charge in [0, 0.05) is 11.3 Å². The number of ether oxygens (including phenoxy) is 1. The van der Waals surface area contributed by atoms with Crippen molar-refractivity contribution in [3.8, 4) is 0 Å². The first-order valence-corrected chi connectivity index (χ1v) is 8.41. The van der Waals surface area contributed by atoms with E-state index in [2.05, 4.69) is 13.2 Å². The number of hydrogen-bond acceptors (Lipinski definition) is 3. The highest BCUT2D eigenvalue weighted by molar-refractivity contribution is 7.99. The van der Waals surface area contributed by atoms with Crippen LogP contribution in [0.3, 0.4) is 0 Å². The molecule has 0 aromatic heterocycles. The molecule has 0 bridgehead atoms. The summed E-state index contributed by atoms with van der Waals surface area (Å²) in [5.41, 5.74) is 0. The number of esters is 1. The van der Waals surface area contributed by atoms with E-state index < -0.39 is 0 Å². The molecule has 3 heteroatoms. The lowest BCUT2D eigenvalue weighted by Gasteiger charge is -2.09. The van der Waals surface area contributed by atoms with E-state index in [9.17, 15) is 4.79 Å². The van der Waals surface area contributed by atoms with Gasteiger partial charge < -0.3 is 4.74 Å². The Labute approximate surface area is 117 Å². The first kappa shape index (κ1) is 17.6. The van der Waals surface area contributed by atoms with Crippen LogP contribution in [-0.2, 0) is 9.53 Å². The van der Waals surface area contributed by atoms with Crippen LogP contribution in [0, 0.1) is 0 Å².